The number of alkyl halides is 3. The molecule has 0 saturated carbocycles. The van der Waals surface area contributed by atoms with Gasteiger partial charge in [-0.15, -0.1) is 0 Å². The highest BCUT2D eigenvalue weighted by Gasteiger charge is 2.33. The van der Waals surface area contributed by atoms with Crippen LogP contribution in [-0.2, 0) is 39.2 Å². The smallest absolute Gasteiger partial charge is 0.299 e. The first kappa shape index (κ1) is 19.2. The highest BCUT2D eigenvalue weighted by molar-refractivity contribution is 5.30. The highest BCUT2D eigenvalue weighted by atomic mass is 19.4. The molecular weight excluding hydrogens is 371 g/mol. The van der Waals surface area contributed by atoms with Crippen molar-refractivity contribution in [3.8, 4) is 0 Å². The number of aromatic nitrogens is 4. The van der Waals surface area contributed by atoms with Crippen LogP contribution in [0.5, 0.6) is 0 Å². The van der Waals surface area contributed by atoms with E-state index in [1.165, 1.54) is 27.9 Å². The Labute approximate surface area is 161 Å². The first-order chi connectivity index (χ1) is 13.3. The predicted octanol–water partition coefficient (Wildman–Crippen LogP) is 2.40. The van der Waals surface area contributed by atoms with Gasteiger partial charge < -0.3 is 0 Å². The molecule has 0 radical (unpaired) electrons. The summed E-state index contributed by atoms with van der Waals surface area (Å²) in [5.41, 5.74) is 2.17. The third-order valence-electron chi connectivity index (χ3n) is 5.90. The third-order valence-corrected chi connectivity index (χ3v) is 5.90. The van der Waals surface area contributed by atoms with E-state index in [0.717, 1.165) is 51.6 Å². The van der Waals surface area contributed by atoms with Crippen molar-refractivity contribution in [3.63, 3.8) is 0 Å². The summed E-state index contributed by atoms with van der Waals surface area (Å²) in [7, 11) is 2.00. The second-order valence-corrected chi connectivity index (χ2v) is 7.83. The minimum absolute atomic E-state index is 0.268. The topological polar surface area (TPSA) is 56.0 Å². The lowest BCUT2D eigenvalue weighted by Gasteiger charge is -2.32. The molecule has 6 nitrogen and oxygen atoms in total. The van der Waals surface area contributed by atoms with E-state index >= 15 is 0 Å². The number of hydrogen-bond donors (Lipinski definition) is 0. The molecule has 2 aliphatic rings. The monoisotopic (exact) mass is 395 g/mol. The van der Waals surface area contributed by atoms with E-state index in [1.54, 1.807) is 0 Å². The number of piperidine rings is 1. The molecule has 1 aliphatic carbocycles. The van der Waals surface area contributed by atoms with Gasteiger partial charge in [0.2, 0.25) is 0 Å². The van der Waals surface area contributed by atoms with E-state index in [2.05, 4.69) is 15.0 Å². The van der Waals surface area contributed by atoms with Gasteiger partial charge in [-0.3, -0.25) is 18.9 Å². The van der Waals surface area contributed by atoms with Crippen molar-refractivity contribution in [1.82, 2.24) is 24.2 Å². The first-order valence-electron chi connectivity index (χ1n) is 9.71. The summed E-state index contributed by atoms with van der Waals surface area (Å²) in [6.07, 6.45) is 1.62. The zero-order valence-corrected chi connectivity index (χ0v) is 15.9. The van der Waals surface area contributed by atoms with Crippen molar-refractivity contribution in [2.45, 2.75) is 51.4 Å². The number of likely N-dealkylation sites (tertiary alicyclic amines) is 1. The Hall–Kier alpha value is -2.16. The Morgan fingerprint density at radius 3 is 2.64 bits per heavy atom. The van der Waals surface area contributed by atoms with E-state index < -0.39 is 17.4 Å². The molecule has 0 unspecified atom stereocenters. The van der Waals surface area contributed by atoms with Crippen LogP contribution >= 0.6 is 0 Å². The Morgan fingerprint density at radius 1 is 1.21 bits per heavy atom. The van der Waals surface area contributed by atoms with E-state index in [1.807, 2.05) is 11.7 Å². The number of rotatable bonds is 4. The minimum atomic E-state index is -4.59. The fourth-order valence-corrected chi connectivity index (χ4v) is 4.32. The molecule has 9 heteroatoms. The van der Waals surface area contributed by atoms with Gasteiger partial charge in [-0.25, -0.2) is 4.98 Å². The molecule has 1 fully saturated rings. The van der Waals surface area contributed by atoms with Gasteiger partial charge >= 0.3 is 6.18 Å². The summed E-state index contributed by atoms with van der Waals surface area (Å²) >= 11 is 0. The van der Waals surface area contributed by atoms with E-state index in [0.29, 0.717) is 12.6 Å². The lowest BCUT2D eigenvalue weighted by Crippen LogP contribution is -2.36. The van der Waals surface area contributed by atoms with Gasteiger partial charge in [0.1, 0.15) is 0 Å². The van der Waals surface area contributed by atoms with Crippen LogP contribution in [0.15, 0.2) is 17.2 Å². The zero-order valence-electron chi connectivity index (χ0n) is 15.9. The third kappa shape index (κ3) is 3.85. The highest BCUT2D eigenvalue weighted by Crippen LogP contribution is 2.28. The van der Waals surface area contributed by atoms with E-state index in [9.17, 15) is 18.0 Å². The molecule has 0 aromatic carbocycles. The Bertz CT molecular complexity index is 909. The molecule has 2 aromatic heterocycles. The maximum atomic E-state index is 12.6. The van der Waals surface area contributed by atoms with E-state index in [-0.39, 0.29) is 5.92 Å². The largest absolute Gasteiger partial charge is 0.433 e. The van der Waals surface area contributed by atoms with E-state index in [4.69, 9.17) is 0 Å². The maximum Gasteiger partial charge on any atom is 0.433 e. The van der Waals surface area contributed by atoms with Crippen molar-refractivity contribution < 1.29 is 13.2 Å². The molecule has 152 valence electrons. The van der Waals surface area contributed by atoms with Crippen LogP contribution in [-0.4, -0.2) is 37.3 Å². The predicted molar refractivity (Wildman–Crippen MR) is 96.7 cm³/mol. The summed E-state index contributed by atoms with van der Waals surface area (Å²) in [4.78, 5) is 17.8. The average Bonchev–Trinajstić information content (AvgIpc) is 3.20. The fourth-order valence-electron chi connectivity index (χ4n) is 4.32. The standard InChI is InChI=1S/C19H24F3N5O/c1-25-16(14-3-2-4-15(14)24-25)11-26-7-5-13(6-8-26)10-27-12-23-17(9-18(27)28)19(20,21)22/h9,12-13H,2-8,10-11H2,1H3. The van der Waals surface area contributed by atoms with Crippen LogP contribution in [0.1, 0.15) is 41.9 Å². The Kier molecular flexibility index (Phi) is 5.03. The number of aryl methyl sites for hydroxylation is 2. The van der Waals surface area contributed by atoms with Gasteiger partial charge in [0.25, 0.3) is 5.56 Å². The number of halogens is 3. The van der Waals surface area contributed by atoms with Crippen LogP contribution in [0.4, 0.5) is 13.2 Å². The van der Waals surface area contributed by atoms with Gasteiger partial charge in [0, 0.05) is 26.2 Å². The van der Waals surface area contributed by atoms with Crippen molar-refractivity contribution in [3.05, 3.63) is 45.4 Å². The molecule has 0 bridgehead atoms. The summed E-state index contributed by atoms with van der Waals surface area (Å²) in [6.45, 7) is 3.12. The molecule has 4 rings (SSSR count). The van der Waals surface area contributed by atoms with Crippen molar-refractivity contribution in [2.75, 3.05) is 13.1 Å². The van der Waals surface area contributed by atoms with Crippen molar-refractivity contribution in [1.29, 1.82) is 0 Å². The van der Waals surface area contributed by atoms with Crippen LogP contribution in [0.3, 0.4) is 0 Å². The number of fused-ring (bicyclic) bond motifs is 1. The van der Waals surface area contributed by atoms with Gasteiger partial charge in [0.15, 0.2) is 5.69 Å². The number of nitrogens with zero attached hydrogens (tertiary/aromatic N) is 5. The summed E-state index contributed by atoms with van der Waals surface area (Å²) in [5, 5.41) is 4.63. The fraction of sp³-hybridized carbons (Fsp3) is 0.632. The van der Waals surface area contributed by atoms with Crippen LogP contribution in [0.25, 0.3) is 0 Å². The second-order valence-electron chi connectivity index (χ2n) is 7.83. The first-order valence-corrected chi connectivity index (χ1v) is 9.71. The molecule has 28 heavy (non-hydrogen) atoms. The SMILES string of the molecule is Cn1nc2c(c1CN1CCC(Cn3cnc(C(F)(F)F)cc3=O)CC1)CCC2. The lowest BCUT2D eigenvalue weighted by molar-refractivity contribution is -0.141. The Morgan fingerprint density at radius 2 is 1.96 bits per heavy atom. The average molecular weight is 395 g/mol. The molecule has 0 atom stereocenters. The molecule has 3 heterocycles. The van der Waals surface area contributed by atoms with Gasteiger partial charge in [-0.1, -0.05) is 0 Å². The van der Waals surface area contributed by atoms with Crippen LogP contribution < -0.4 is 5.56 Å². The summed E-state index contributed by atoms with van der Waals surface area (Å²) < 4.78 is 41.2. The molecule has 0 spiro atoms. The zero-order chi connectivity index (χ0) is 19.9. The second kappa shape index (κ2) is 7.35. The lowest BCUT2D eigenvalue weighted by atomic mass is 9.96. The number of hydrogen-bond acceptors (Lipinski definition) is 4. The minimum Gasteiger partial charge on any atom is -0.299 e. The Balaban J connectivity index is 1.34. The van der Waals surface area contributed by atoms with Gasteiger partial charge in [-0.05, 0) is 56.7 Å². The molecule has 1 saturated heterocycles. The normalized spacial score (nSPS) is 18.6. The molecule has 0 N–H and O–H groups in total. The molecular formula is C19H24F3N5O. The van der Waals surface area contributed by atoms with Crippen molar-refractivity contribution in [2.24, 2.45) is 13.0 Å². The molecule has 2 aromatic rings. The van der Waals surface area contributed by atoms with Crippen molar-refractivity contribution >= 4 is 0 Å². The molecule has 0 amide bonds. The van der Waals surface area contributed by atoms with Gasteiger partial charge in [-0.2, -0.15) is 18.3 Å². The summed E-state index contributed by atoms with van der Waals surface area (Å²) in [6, 6.07) is 0.581. The van der Waals surface area contributed by atoms with Crippen LogP contribution in [0.2, 0.25) is 0 Å². The summed E-state index contributed by atoms with van der Waals surface area (Å²) in [5.74, 6) is 0.268. The van der Waals surface area contributed by atoms with Gasteiger partial charge in [0.05, 0.1) is 17.7 Å². The molecule has 1 aliphatic heterocycles. The maximum absolute atomic E-state index is 12.6. The van der Waals surface area contributed by atoms with Crippen LogP contribution in [0, 0.1) is 5.92 Å². The quantitative estimate of drug-likeness (QED) is 0.798.